The van der Waals surface area contributed by atoms with Crippen LogP contribution in [0.4, 0.5) is 8.78 Å². The predicted molar refractivity (Wildman–Crippen MR) is 121 cm³/mol. The Labute approximate surface area is 179 Å². The summed E-state index contributed by atoms with van der Waals surface area (Å²) >= 11 is 0. The minimum absolute atomic E-state index is 0.0397. The maximum absolute atomic E-state index is 15.2. The Bertz CT molecular complexity index is 1150. The standard InChI is InChI=1S/C26H19F2O2P/c27-18-16-22-24(23(28)17-18)26(30-25(22)29)31(19-10-4-1-5-11-19,20-12-6-2-7-13-20)21-14-8-3-9-15-21/h1-17,26,31H. The van der Waals surface area contributed by atoms with E-state index in [9.17, 15) is 9.18 Å². The zero-order chi connectivity index (χ0) is 21.4. The SMILES string of the molecule is O=C1OC([PH](c2ccccc2)(c2ccccc2)c2ccccc2)c2c(F)cc(F)cc21. The fraction of sp³-hybridized carbons (Fsp3) is 0.0385. The van der Waals surface area contributed by atoms with Gasteiger partial charge in [0.25, 0.3) is 0 Å². The number of halogens is 2. The first-order chi connectivity index (χ1) is 15.1. The summed E-state index contributed by atoms with van der Waals surface area (Å²) in [6.07, 6.45) is 0. The van der Waals surface area contributed by atoms with Gasteiger partial charge in [0.2, 0.25) is 0 Å². The number of ether oxygens (including phenoxy) is 1. The number of rotatable bonds is 4. The van der Waals surface area contributed by atoms with E-state index < -0.39 is 30.7 Å². The van der Waals surface area contributed by atoms with Crippen LogP contribution < -0.4 is 15.9 Å². The number of hydrogen-bond acceptors (Lipinski definition) is 2. The van der Waals surface area contributed by atoms with Gasteiger partial charge in [0.1, 0.15) is 0 Å². The molecule has 1 atom stereocenters. The number of benzene rings is 4. The van der Waals surface area contributed by atoms with Crippen molar-refractivity contribution in [3.05, 3.63) is 126 Å². The Hall–Kier alpha value is -3.36. The van der Waals surface area contributed by atoms with E-state index in [0.717, 1.165) is 28.0 Å². The van der Waals surface area contributed by atoms with Crippen LogP contribution in [0.2, 0.25) is 0 Å². The van der Waals surface area contributed by atoms with Crippen molar-refractivity contribution in [2.75, 3.05) is 0 Å². The minimum atomic E-state index is -3.14. The summed E-state index contributed by atoms with van der Waals surface area (Å²) in [4.78, 5) is 12.8. The molecule has 1 unspecified atom stereocenters. The Morgan fingerprint density at radius 2 is 1.13 bits per heavy atom. The summed E-state index contributed by atoms with van der Waals surface area (Å²) in [6.45, 7) is 0. The van der Waals surface area contributed by atoms with Crippen molar-refractivity contribution in [3.8, 4) is 0 Å². The van der Waals surface area contributed by atoms with Crippen molar-refractivity contribution in [3.63, 3.8) is 0 Å². The van der Waals surface area contributed by atoms with Gasteiger partial charge in [-0.25, -0.2) is 0 Å². The van der Waals surface area contributed by atoms with Gasteiger partial charge in [-0.15, -0.1) is 0 Å². The molecule has 0 aliphatic carbocycles. The molecule has 0 bridgehead atoms. The molecule has 1 aliphatic rings. The van der Waals surface area contributed by atoms with Gasteiger partial charge in [0.05, 0.1) is 0 Å². The summed E-state index contributed by atoms with van der Waals surface area (Å²) < 4.78 is 35.1. The summed E-state index contributed by atoms with van der Waals surface area (Å²) in [5.74, 6) is -3.12. The Morgan fingerprint density at radius 3 is 1.58 bits per heavy atom. The van der Waals surface area contributed by atoms with Gasteiger partial charge in [-0.1, -0.05) is 0 Å². The molecule has 5 rings (SSSR count). The topological polar surface area (TPSA) is 26.3 Å². The second-order valence-electron chi connectivity index (χ2n) is 7.54. The molecule has 0 aromatic heterocycles. The van der Waals surface area contributed by atoms with Crippen LogP contribution in [0.5, 0.6) is 0 Å². The monoisotopic (exact) mass is 432 g/mol. The summed E-state index contributed by atoms with van der Waals surface area (Å²) in [7, 11) is -3.14. The van der Waals surface area contributed by atoms with E-state index >= 15 is 4.39 Å². The van der Waals surface area contributed by atoms with Crippen molar-refractivity contribution in [1.82, 2.24) is 0 Å². The third-order valence-electron chi connectivity index (χ3n) is 5.88. The Kier molecular flexibility index (Phi) is 4.88. The fourth-order valence-corrected chi connectivity index (χ4v) is 9.68. The van der Waals surface area contributed by atoms with Crippen LogP contribution in [0.3, 0.4) is 0 Å². The maximum atomic E-state index is 15.2. The van der Waals surface area contributed by atoms with Crippen LogP contribution in [-0.4, -0.2) is 5.97 Å². The van der Waals surface area contributed by atoms with E-state index in [2.05, 4.69) is 0 Å². The van der Waals surface area contributed by atoms with E-state index in [1.807, 2.05) is 91.0 Å². The van der Waals surface area contributed by atoms with E-state index in [0.29, 0.717) is 0 Å². The molecule has 5 heteroatoms. The van der Waals surface area contributed by atoms with E-state index in [1.54, 1.807) is 0 Å². The number of fused-ring (bicyclic) bond motifs is 1. The third-order valence-corrected chi connectivity index (χ3v) is 10.8. The molecule has 0 fully saturated rings. The summed E-state index contributed by atoms with van der Waals surface area (Å²) in [5.41, 5.74) is 0.0943. The molecule has 31 heavy (non-hydrogen) atoms. The van der Waals surface area contributed by atoms with Crippen molar-refractivity contribution >= 4 is 29.1 Å². The predicted octanol–water partition coefficient (Wildman–Crippen LogP) is 4.86. The van der Waals surface area contributed by atoms with Crippen LogP contribution in [0, 0.1) is 11.6 Å². The summed E-state index contributed by atoms with van der Waals surface area (Å²) in [5, 5.41) is 2.92. The summed E-state index contributed by atoms with van der Waals surface area (Å²) in [6, 6.07) is 31.2. The van der Waals surface area contributed by atoms with Crippen molar-refractivity contribution in [2.45, 2.75) is 5.85 Å². The van der Waals surface area contributed by atoms with Gasteiger partial charge in [0.15, 0.2) is 0 Å². The number of carbonyl (C=O) groups excluding carboxylic acids is 1. The molecular weight excluding hydrogens is 413 g/mol. The number of cyclic esters (lactones) is 1. The van der Waals surface area contributed by atoms with Gasteiger partial charge < -0.3 is 0 Å². The second kappa shape index (κ2) is 7.72. The molecule has 2 nitrogen and oxygen atoms in total. The van der Waals surface area contributed by atoms with Gasteiger partial charge in [-0.05, 0) is 0 Å². The quantitative estimate of drug-likeness (QED) is 0.340. The van der Waals surface area contributed by atoms with Crippen LogP contribution >= 0.6 is 7.26 Å². The molecule has 0 amide bonds. The molecule has 4 aromatic carbocycles. The molecule has 0 radical (unpaired) electrons. The van der Waals surface area contributed by atoms with Gasteiger partial charge >= 0.3 is 179 Å². The molecule has 0 saturated carbocycles. The van der Waals surface area contributed by atoms with Gasteiger partial charge in [-0.3, -0.25) is 0 Å². The number of hydrogen-bond donors (Lipinski definition) is 0. The van der Waals surface area contributed by atoms with E-state index in [4.69, 9.17) is 4.74 Å². The van der Waals surface area contributed by atoms with Crippen LogP contribution in [0.1, 0.15) is 21.8 Å². The van der Waals surface area contributed by atoms with Crippen LogP contribution in [-0.2, 0) is 4.74 Å². The van der Waals surface area contributed by atoms with Crippen molar-refractivity contribution in [1.29, 1.82) is 0 Å². The average Bonchev–Trinajstić information content (AvgIpc) is 3.13. The van der Waals surface area contributed by atoms with Crippen LogP contribution in [0.25, 0.3) is 0 Å². The first-order valence-electron chi connectivity index (χ1n) is 9.99. The van der Waals surface area contributed by atoms with Gasteiger partial charge in [0, 0.05) is 0 Å². The zero-order valence-corrected chi connectivity index (χ0v) is 17.5. The van der Waals surface area contributed by atoms with E-state index in [1.165, 1.54) is 0 Å². The average molecular weight is 432 g/mol. The molecular formula is C26H19F2O2P. The first kappa shape index (κ1) is 19.6. The number of carbonyl (C=O) groups is 1. The Balaban J connectivity index is 1.91. The molecule has 4 aromatic rings. The molecule has 0 N–H and O–H groups in total. The normalized spacial score (nSPS) is 15.9. The zero-order valence-electron chi connectivity index (χ0n) is 16.5. The van der Waals surface area contributed by atoms with E-state index in [-0.39, 0.29) is 11.1 Å². The van der Waals surface area contributed by atoms with Gasteiger partial charge in [-0.2, -0.15) is 0 Å². The Morgan fingerprint density at radius 1 is 0.677 bits per heavy atom. The van der Waals surface area contributed by atoms with Crippen molar-refractivity contribution in [2.24, 2.45) is 0 Å². The molecule has 154 valence electrons. The third kappa shape index (κ3) is 3.07. The van der Waals surface area contributed by atoms with Crippen LogP contribution in [0.15, 0.2) is 103 Å². The molecule has 1 aliphatic heterocycles. The molecule has 0 saturated heterocycles. The fourth-order valence-electron chi connectivity index (χ4n) is 4.61. The van der Waals surface area contributed by atoms with Crippen molar-refractivity contribution < 1.29 is 18.3 Å². The molecule has 1 heterocycles. The second-order valence-corrected chi connectivity index (χ2v) is 11.4. The first-order valence-corrected chi connectivity index (χ1v) is 12.1. The molecule has 0 spiro atoms. The number of esters is 1.